The first-order chi connectivity index (χ1) is 42.3. The predicted molar refractivity (Wildman–Crippen MR) is 369 cm³/mol. The average molecular weight is 1210 g/mol. The second kappa shape index (κ2) is 26.0. The van der Waals surface area contributed by atoms with Gasteiger partial charge >= 0.3 is 0 Å². The van der Waals surface area contributed by atoms with Crippen molar-refractivity contribution in [1.82, 2.24) is 0 Å². The van der Waals surface area contributed by atoms with Crippen molar-refractivity contribution in [1.29, 1.82) is 0 Å². The zero-order valence-electron chi connectivity index (χ0n) is 57.4. The number of ether oxygens (including phenoxy) is 6. The van der Waals surface area contributed by atoms with E-state index in [-0.39, 0.29) is 51.6 Å². The van der Waals surface area contributed by atoms with Crippen molar-refractivity contribution >= 4 is 11.6 Å². The number of hydrogen-bond donors (Lipinski definition) is 2. The Kier molecular flexibility index (Phi) is 19.1. The van der Waals surface area contributed by atoms with Crippen LogP contribution in [0.3, 0.4) is 0 Å². The fourth-order valence-electron chi connectivity index (χ4n) is 12.6. The number of amides is 1. The van der Waals surface area contributed by atoms with E-state index >= 15 is 0 Å². The molecule has 0 spiro atoms. The highest BCUT2D eigenvalue weighted by molar-refractivity contribution is 6.04. The molecular formula is C81H97NO8. The van der Waals surface area contributed by atoms with Gasteiger partial charge in [-0.2, -0.15) is 0 Å². The van der Waals surface area contributed by atoms with Crippen LogP contribution in [-0.2, 0) is 72.2 Å². The number of benzene rings is 8. The minimum atomic E-state index is -0.316. The molecule has 2 N–H and O–H groups in total. The number of carbonyl (C=O) groups is 1. The Morgan fingerprint density at radius 1 is 0.367 bits per heavy atom. The Morgan fingerprint density at radius 3 is 0.911 bits per heavy atom. The summed E-state index contributed by atoms with van der Waals surface area (Å²) in [5.74, 6) is 4.27. The van der Waals surface area contributed by atoms with Gasteiger partial charge < -0.3 is 38.8 Å². The minimum Gasteiger partial charge on any atom is -0.507 e. The molecule has 8 aromatic rings. The molecule has 1 amide bonds. The third kappa shape index (κ3) is 14.8. The molecule has 9 rings (SSSR count). The number of fused-ring (bicyclic) bond motifs is 12. The predicted octanol–water partition coefficient (Wildman–Crippen LogP) is 18.6. The van der Waals surface area contributed by atoms with Crippen LogP contribution >= 0.6 is 0 Å². The van der Waals surface area contributed by atoms with Crippen LogP contribution in [-0.4, -0.2) is 46.6 Å². The molecule has 474 valence electrons. The molecule has 9 nitrogen and oxygen atoms in total. The first kappa shape index (κ1) is 66.3. The second-order valence-corrected chi connectivity index (χ2v) is 29.8. The number of phenols is 1. The summed E-state index contributed by atoms with van der Waals surface area (Å²) in [5.41, 5.74) is 17.9. The fourth-order valence-corrected chi connectivity index (χ4v) is 12.6. The number of anilines is 1. The summed E-state index contributed by atoms with van der Waals surface area (Å²) < 4.78 is 39.3. The largest absolute Gasteiger partial charge is 0.507 e. The monoisotopic (exact) mass is 1210 g/mol. The van der Waals surface area contributed by atoms with Crippen LogP contribution in [0.5, 0.6) is 40.2 Å². The summed E-state index contributed by atoms with van der Waals surface area (Å²) in [7, 11) is 8.82. The van der Waals surface area contributed by atoms with E-state index < -0.39 is 0 Å². The van der Waals surface area contributed by atoms with Crippen molar-refractivity contribution in [2.24, 2.45) is 0 Å². The number of hydrogen-bond acceptors (Lipinski definition) is 8. The molecule has 8 aromatic carbocycles. The van der Waals surface area contributed by atoms with E-state index in [0.29, 0.717) is 71.9 Å². The molecular weight excluding hydrogens is 1110 g/mol. The Hall–Kier alpha value is -8.17. The topological polar surface area (TPSA) is 105 Å². The molecule has 0 atom stereocenters. The molecule has 1 aliphatic carbocycles. The van der Waals surface area contributed by atoms with Crippen molar-refractivity contribution in [2.75, 3.05) is 40.9 Å². The molecule has 0 saturated heterocycles. The molecule has 9 heteroatoms. The van der Waals surface area contributed by atoms with Crippen LogP contribution in [0.25, 0.3) is 0 Å². The van der Waals surface area contributed by atoms with Crippen LogP contribution < -0.4 is 33.7 Å². The molecule has 0 radical (unpaired) electrons. The van der Waals surface area contributed by atoms with Crippen LogP contribution in [0, 0.1) is 0 Å². The van der Waals surface area contributed by atoms with E-state index in [4.69, 9.17) is 28.4 Å². The highest BCUT2D eigenvalue weighted by atomic mass is 16.5. The maximum atomic E-state index is 14.6. The SMILES string of the molecule is COc1c2cc(C(C)(C)C)cc1Cc1cc(C(C)(C)C)cc(c1OC)Cc1cc(C(C)(C)C)cc(c1OC)Cc1cc(C(C)(C)C)cc(c1OC)Cc1cc(C(C)(C)C)cc(c1OC)Cc1cc(NC(=O)c3cccc(OCc4ccccc4)c3)cc(c1O)C2. The molecule has 0 aliphatic heterocycles. The second-order valence-electron chi connectivity index (χ2n) is 29.8. The fraction of sp³-hybridized carbons (Fsp3) is 0.395. The third-order valence-electron chi connectivity index (χ3n) is 17.7. The highest BCUT2D eigenvalue weighted by Gasteiger charge is 2.30. The number of methoxy groups -OCH3 is 5. The average Bonchev–Trinajstić information content (AvgIpc) is 0.824. The van der Waals surface area contributed by atoms with Gasteiger partial charge in [0.2, 0.25) is 0 Å². The van der Waals surface area contributed by atoms with E-state index in [1.165, 1.54) is 16.7 Å². The van der Waals surface area contributed by atoms with Crippen LogP contribution in [0.2, 0.25) is 0 Å². The minimum absolute atomic E-state index is 0.120. The lowest BCUT2D eigenvalue weighted by atomic mass is 9.79. The van der Waals surface area contributed by atoms with Gasteiger partial charge in [-0.25, -0.2) is 0 Å². The Bertz CT molecular complexity index is 3760. The van der Waals surface area contributed by atoms with Gasteiger partial charge in [0.15, 0.2) is 0 Å². The highest BCUT2D eigenvalue weighted by Crippen LogP contribution is 2.46. The maximum Gasteiger partial charge on any atom is 0.255 e. The molecule has 0 heterocycles. The van der Waals surface area contributed by atoms with Gasteiger partial charge in [0.25, 0.3) is 5.91 Å². The maximum absolute atomic E-state index is 14.6. The van der Waals surface area contributed by atoms with Gasteiger partial charge in [-0.15, -0.1) is 0 Å². The van der Waals surface area contributed by atoms with Crippen molar-refractivity contribution in [3.8, 4) is 40.2 Å². The van der Waals surface area contributed by atoms with Crippen LogP contribution in [0.4, 0.5) is 5.69 Å². The summed E-state index contributed by atoms with van der Waals surface area (Å²) in [4.78, 5) is 14.6. The summed E-state index contributed by atoms with van der Waals surface area (Å²) in [5, 5.41) is 16.3. The zero-order chi connectivity index (χ0) is 65.4. The lowest BCUT2D eigenvalue weighted by molar-refractivity contribution is 0.102. The third-order valence-corrected chi connectivity index (χ3v) is 17.7. The Morgan fingerprint density at radius 2 is 0.644 bits per heavy atom. The number of aromatic hydroxyl groups is 1. The van der Waals surface area contributed by atoms with E-state index in [0.717, 1.165) is 89.6 Å². The van der Waals surface area contributed by atoms with Crippen molar-refractivity contribution < 1.29 is 38.3 Å². The van der Waals surface area contributed by atoms with Gasteiger partial charge in [-0.05, 0) is 146 Å². The van der Waals surface area contributed by atoms with Gasteiger partial charge in [0.1, 0.15) is 46.9 Å². The van der Waals surface area contributed by atoms with Gasteiger partial charge in [-0.3, -0.25) is 4.79 Å². The number of nitrogens with one attached hydrogen (secondary N) is 1. The first-order valence-corrected chi connectivity index (χ1v) is 31.7. The summed E-state index contributed by atoms with van der Waals surface area (Å²) in [6.07, 6.45) is 2.62. The number of carbonyl (C=O) groups excluding carboxylic acids is 1. The number of rotatable bonds is 10. The normalized spacial score (nSPS) is 13.2. The Balaban J connectivity index is 1.33. The van der Waals surface area contributed by atoms with Crippen molar-refractivity contribution in [3.05, 3.63) is 233 Å². The van der Waals surface area contributed by atoms with E-state index in [9.17, 15) is 9.90 Å². The van der Waals surface area contributed by atoms with E-state index in [1.54, 1.807) is 47.7 Å². The summed E-state index contributed by atoms with van der Waals surface area (Å²) in [6, 6.07) is 43.9. The van der Waals surface area contributed by atoms with Crippen LogP contribution in [0.15, 0.2) is 127 Å². The van der Waals surface area contributed by atoms with Gasteiger partial charge in [0.05, 0.1) is 35.5 Å². The molecule has 0 aromatic heterocycles. The van der Waals surface area contributed by atoms with Crippen molar-refractivity contribution in [2.45, 2.75) is 176 Å². The standard InChI is InChI=1S/C81H97NO8/c1-77(2,3)63-35-53-29-51-45-68(82-76(84)50-27-24-28-69(47-50)90-48-49-25-22-21-23-26-49)46-52(70(51)83)30-54-36-64(78(4,5)6)38-56(72(54)86-17)32-58-40-66(80(10,11)12)42-60(74(58)88-19)34-62-44-67(81(13,14)15)43-61(75(62)89-20)33-59-41-65(79(7,8)9)39-57(73(59)87-18)31-55(37-63)71(53)85-16/h21-28,35-47,83H,29-34,48H2,1-20H3,(H,82,84). The summed E-state index contributed by atoms with van der Waals surface area (Å²) in [6.45, 7) is 34.1. The van der Waals surface area contributed by atoms with Gasteiger partial charge in [0, 0.05) is 60.9 Å². The smallest absolute Gasteiger partial charge is 0.255 e. The summed E-state index contributed by atoms with van der Waals surface area (Å²) >= 11 is 0. The molecule has 1 aliphatic rings. The van der Waals surface area contributed by atoms with Crippen molar-refractivity contribution in [3.63, 3.8) is 0 Å². The first-order valence-electron chi connectivity index (χ1n) is 31.7. The quantitative estimate of drug-likeness (QED) is 0.131. The Labute approximate surface area is 537 Å². The van der Waals surface area contributed by atoms with E-state index in [2.05, 4.69) is 170 Å². The molecule has 90 heavy (non-hydrogen) atoms. The van der Waals surface area contributed by atoms with E-state index in [1.807, 2.05) is 54.6 Å². The molecule has 0 saturated carbocycles. The number of phenolic OH excluding ortho intramolecular Hbond substituents is 1. The zero-order valence-corrected chi connectivity index (χ0v) is 57.4. The lowest BCUT2D eigenvalue weighted by Crippen LogP contribution is -2.16. The van der Waals surface area contributed by atoms with Gasteiger partial charge in [-0.1, -0.05) is 201 Å². The van der Waals surface area contributed by atoms with Crippen LogP contribution in [0.1, 0.15) is 214 Å². The lowest BCUT2D eigenvalue weighted by Gasteiger charge is -2.28. The molecule has 0 unspecified atom stereocenters. The molecule has 0 fully saturated rings. The molecule has 12 bridgehead atoms.